The van der Waals surface area contributed by atoms with E-state index in [4.69, 9.17) is 14.2 Å². The van der Waals surface area contributed by atoms with Crippen molar-refractivity contribution in [1.29, 1.82) is 0 Å². The molecule has 0 atom stereocenters. The van der Waals surface area contributed by atoms with E-state index >= 15 is 0 Å². The van der Waals surface area contributed by atoms with Crippen molar-refractivity contribution in [1.82, 2.24) is 15.6 Å². The fourth-order valence-electron chi connectivity index (χ4n) is 2.24. The van der Waals surface area contributed by atoms with E-state index in [1.807, 2.05) is 0 Å². The molecule has 1 aromatic carbocycles. The molecule has 2 rings (SSSR count). The summed E-state index contributed by atoms with van der Waals surface area (Å²) in [5.74, 6) is 1.01. The molecule has 0 unspecified atom stereocenters. The Balaban J connectivity index is 2.09. The Morgan fingerprint density at radius 1 is 1.16 bits per heavy atom. The van der Waals surface area contributed by atoms with Gasteiger partial charge in [-0.1, -0.05) is 0 Å². The molecule has 0 saturated heterocycles. The Bertz CT molecular complexity index is 812. The lowest BCUT2D eigenvalue weighted by atomic mass is 10.2. The van der Waals surface area contributed by atoms with E-state index in [1.54, 1.807) is 19.1 Å². The molecular formula is C16H20N4O5. The number of hydrazone groups is 1. The van der Waals surface area contributed by atoms with E-state index in [0.29, 0.717) is 34.1 Å². The number of nitrogens with zero attached hydrogens (tertiary/aromatic N) is 1. The number of aromatic amines is 2. The third-order valence-electron chi connectivity index (χ3n) is 3.52. The highest BCUT2D eigenvalue weighted by atomic mass is 16.5. The number of aryl methyl sites for hydroxylation is 1. The molecule has 9 heteroatoms. The minimum Gasteiger partial charge on any atom is -0.493 e. The van der Waals surface area contributed by atoms with Gasteiger partial charge in [-0.05, 0) is 19.1 Å². The number of benzene rings is 1. The monoisotopic (exact) mass is 348 g/mol. The standard InChI is InChI=1S/C16H20N4O5/c1-9-11(16(22)20-18-9)7-14(21)19-17-8-10-5-12(23-2)15(25-4)13(6-10)24-3/h5-6,8H,7H2,1-4H3,(H,19,21)(H2,18,20,22)/b17-8-. The van der Waals surface area contributed by atoms with E-state index < -0.39 is 5.91 Å². The molecule has 134 valence electrons. The van der Waals surface area contributed by atoms with Crippen LogP contribution in [0.4, 0.5) is 0 Å². The Kier molecular flexibility index (Phi) is 5.83. The SMILES string of the molecule is COc1cc(/C=N\NC(=O)Cc2c(C)[nH][nH]c2=O)cc(OC)c1OC. The van der Waals surface area contributed by atoms with Crippen LogP contribution in [0.15, 0.2) is 22.0 Å². The van der Waals surface area contributed by atoms with Gasteiger partial charge in [-0.15, -0.1) is 0 Å². The maximum Gasteiger partial charge on any atom is 0.267 e. The summed E-state index contributed by atoms with van der Waals surface area (Å²) in [6.45, 7) is 1.71. The van der Waals surface area contributed by atoms with Crippen LogP contribution in [0.5, 0.6) is 17.2 Å². The molecule has 0 saturated carbocycles. The van der Waals surface area contributed by atoms with Gasteiger partial charge in [0.1, 0.15) is 0 Å². The molecule has 0 fully saturated rings. The Morgan fingerprint density at radius 3 is 2.28 bits per heavy atom. The molecule has 3 N–H and O–H groups in total. The molecule has 1 aromatic heterocycles. The number of aromatic nitrogens is 2. The van der Waals surface area contributed by atoms with E-state index in [-0.39, 0.29) is 12.0 Å². The predicted octanol–water partition coefficient (Wildman–Crippen LogP) is 0.730. The minimum absolute atomic E-state index is 0.0722. The van der Waals surface area contributed by atoms with E-state index in [0.717, 1.165) is 0 Å². The van der Waals surface area contributed by atoms with Crippen LogP contribution in [0, 0.1) is 6.92 Å². The fraction of sp³-hybridized carbons (Fsp3) is 0.312. The summed E-state index contributed by atoms with van der Waals surface area (Å²) in [6, 6.07) is 3.38. The second kappa shape index (κ2) is 8.04. The first-order valence-corrected chi connectivity index (χ1v) is 7.38. The third kappa shape index (κ3) is 4.19. The maximum absolute atomic E-state index is 11.9. The van der Waals surface area contributed by atoms with Gasteiger partial charge in [0, 0.05) is 16.8 Å². The first kappa shape index (κ1) is 18.1. The Morgan fingerprint density at radius 2 is 1.80 bits per heavy atom. The zero-order valence-corrected chi connectivity index (χ0v) is 14.4. The summed E-state index contributed by atoms with van der Waals surface area (Å²) in [5.41, 5.74) is 3.70. The smallest absolute Gasteiger partial charge is 0.267 e. The quantitative estimate of drug-likeness (QED) is 0.504. The summed E-state index contributed by atoms with van der Waals surface area (Å²) in [5, 5.41) is 8.98. The molecule has 1 amide bonds. The van der Waals surface area contributed by atoms with E-state index in [1.165, 1.54) is 27.5 Å². The average Bonchev–Trinajstić information content (AvgIpc) is 2.92. The van der Waals surface area contributed by atoms with Gasteiger partial charge in [0.2, 0.25) is 11.7 Å². The van der Waals surface area contributed by atoms with Crippen LogP contribution in [0.2, 0.25) is 0 Å². The zero-order chi connectivity index (χ0) is 18.4. The van der Waals surface area contributed by atoms with Crippen LogP contribution in [-0.4, -0.2) is 43.6 Å². The van der Waals surface area contributed by atoms with Crippen LogP contribution < -0.4 is 25.2 Å². The number of ether oxygens (including phenoxy) is 3. The maximum atomic E-state index is 11.9. The van der Waals surface area contributed by atoms with Crippen molar-refractivity contribution in [3.8, 4) is 17.2 Å². The van der Waals surface area contributed by atoms with Crippen molar-refractivity contribution in [2.24, 2.45) is 5.10 Å². The summed E-state index contributed by atoms with van der Waals surface area (Å²) < 4.78 is 15.7. The van der Waals surface area contributed by atoms with Gasteiger partial charge >= 0.3 is 0 Å². The van der Waals surface area contributed by atoms with E-state index in [2.05, 4.69) is 20.7 Å². The second-order valence-electron chi connectivity index (χ2n) is 5.11. The van der Waals surface area contributed by atoms with Crippen LogP contribution >= 0.6 is 0 Å². The largest absolute Gasteiger partial charge is 0.493 e. The number of nitrogens with one attached hydrogen (secondary N) is 3. The molecule has 0 radical (unpaired) electrons. The normalized spacial score (nSPS) is 10.7. The van der Waals surface area contributed by atoms with Crippen molar-refractivity contribution in [3.63, 3.8) is 0 Å². The minimum atomic E-state index is -0.406. The van der Waals surface area contributed by atoms with Crippen molar-refractivity contribution in [2.45, 2.75) is 13.3 Å². The molecular weight excluding hydrogens is 328 g/mol. The highest BCUT2D eigenvalue weighted by molar-refractivity contribution is 5.85. The summed E-state index contributed by atoms with van der Waals surface area (Å²) in [7, 11) is 4.53. The summed E-state index contributed by atoms with van der Waals surface area (Å²) in [4.78, 5) is 23.4. The van der Waals surface area contributed by atoms with Crippen molar-refractivity contribution >= 4 is 12.1 Å². The van der Waals surface area contributed by atoms with Crippen molar-refractivity contribution in [2.75, 3.05) is 21.3 Å². The first-order chi connectivity index (χ1) is 12.0. The summed E-state index contributed by atoms with van der Waals surface area (Å²) in [6.07, 6.45) is 1.37. The van der Waals surface area contributed by atoms with Gasteiger partial charge in [-0.2, -0.15) is 5.10 Å². The summed E-state index contributed by atoms with van der Waals surface area (Å²) >= 11 is 0. The molecule has 0 bridgehead atoms. The lowest BCUT2D eigenvalue weighted by molar-refractivity contribution is -0.120. The van der Waals surface area contributed by atoms with Gasteiger partial charge in [0.05, 0.1) is 34.0 Å². The molecule has 0 aliphatic carbocycles. The number of methoxy groups -OCH3 is 3. The molecule has 0 aliphatic rings. The van der Waals surface area contributed by atoms with Gasteiger partial charge in [0.25, 0.3) is 5.56 Å². The van der Waals surface area contributed by atoms with Gasteiger partial charge in [-0.3, -0.25) is 14.7 Å². The van der Waals surface area contributed by atoms with Crippen molar-refractivity contribution in [3.05, 3.63) is 39.3 Å². The number of hydrogen-bond donors (Lipinski definition) is 3. The number of amides is 1. The highest BCUT2D eigenvalue weighted by Gasteiger charge is 2.13. The zero-order valence-electron chi connectivity index (χ0n) is 14.4. The van der Waals surface area contributed by atoms with Gasteiger partial charge < -0.3 is 19.3 Å². The van der Waals surface area contributed by atoms with Crippen molar-refractivity contribution < 1.29 is 19.0 Å². The molecule has 9 nitrogen and oxygen atoms in total. The molecule has 2 aromatic rings. The fourth-order valence-corrected chi connectivity index (χ4v) is 2.24. The number of rotatable bonds is 7. The third-order valence-corrected chi connectivity index (χ3v) is 3.52. The van der Waals surface area contributed by atoms with Crippen LogP contribution in [-0.2, 0) is 11.2 Å². The Hall–Kier alpha value is -3.23. The van der Waals surface area contributed by atoms with Crippen LogP contribution in [0.25, 0.3) is 0 Å². The van der Waals surface area contributed by atoms with E-state index in [9.17, 15) is 9.59 Å². The van der Waals surface area contributed by atoms with Crippen LogP contribution in [0.3, 0.4) is 0 Å². The predicted molar refractivity (Wildman–Crippen MR) is 91.7 cm³/mol. The number of carbonyl (C=O) groups is 1. The topological polar surface area (TPSA) is 118 Å². The van der Waals surface area contributed by atoms with Gasteiger partial charge in [-0.25, -0.2) is 5.43 Å². The average molecular weight is 348 g/mol. The number of H-pyrrole nitrogens is 2. The van der Waals surface area contributed by atoms with Gasteiger partial charge in [0.15, 0.2) is 11.5 Å². The lowest BCUT2D eigenvalue weighted by Gasteiger charge is -2.12. The molecule has 0 spiro atoms. The lowest BCUT2D eigenvalue weighted by Crippen LogP contribution is -2.23. The first-order valence-electron chi connectivity index (χ1n) is 7.38. The second-order valence-corrected chi connectivity index (χ2v) is 5.11. The Labute approximate surface area is 144 Å². The molecule has 25 heavy (non-hydrogen) atoms. The number of carbonyl (C=O) groups excluding carboxylic acids is 1. The highest BCUT2D eigenvalue weighted by Crippen LogP contribution is 2.37. The molecule has 1 heterocycles. The molecule has 0 aliphatic heterocycles. The van der Waals surface area contributed by atoms with Crippen LogP contribution in [0.1, 0.15) is 16.8 Å². The number of hydrogen-bond acceptors (Lipinski definition) is 6.